The second kappa shape index (κ2) is 6.78. The van der Waals surface area contributed by atoms with Crippen LogP contribution in [0, 0.1) is 12.8 Å². The van der Waals surface area contributed by atoms with Crippen LogP contribution in [0.3, 0.4) is 0 Å². The summed E-state index contributed by atoms with van der Waals surface area (Å²) in [6.07, 6.45) is 0. The molecule has 1 aromatic rings. The Morgan fingerprint density at radius 1 is 1.21 bits per heavy atom. The van der Waals surface area contributed by atoms with E-state index in [1.807, 2.05) is 39.0 Å². The van der Waals surface area contributed by atoms with Crippen molar-refractivity contribution >= 4 is 17.7 Å². The topological polar surface area (TPSA) is 67.4 Å². The van der Waals surface area contributed by atoms with Crippen molar-refractivity contribution in [2.24, 2.45) is 5.92 Å². The van der Waals surface area contributed by atoms with Gasteiger partial charge in [0.15, 0.2) is 0 Å². The normalized spacial score (nSPS) is 11.8. The Labute approximate surface area is 113 Å². The van der Waals surface area contributed by atoms with Crippen molar-refractivity contribution in [1.82, 2.24) is 5.32 Å². The van der Waals surface area contributed by atoms with Gasteiger partial charge in [-0.3, -0.25) is 0 Å². The molecule has 19 heavy (non-hydrogen) atoms. The summed E-state index contributed by atoms with van der Waals surface area (Å²) in [4.78, 5) is 23.4. The van der Waals surface area contributed by atoms with Gasteiger partial charge in [0, 0.05) is 5.69 Å². The van der Waals surface area contributed by atoms with Crippen LogP contribution in [0.4, 0.5) is 10.5 Å². The monoisotopic (exact) mass is 264 g/mol. The number of aryl methyl sites for hydroxylation is 1. The van der Waals surface area contributed by atoms with Gasteiger partial charge in [0.2, 0.25) is 0 Å². The first-order chi connectivity index (χ1) is 8.95. The summed E-state index contributed by atoms with van der Waals surface area (Å²) in [5.74, 6) is -0.495. The third kappa shape index (κ3) is 4.28. The molecule has 5 heteroatoms. The number of esters is 1. The van der Waals surface area contributed by atoms with Crippen molar-refractivity contribution in [1.29, 1.82) is 0 Å². The number of hydrogen-bond donors (Lipinski definition) is 2. The van der Waals surface area contributed by atoms with Gasteiger partial charge in [-0.1, -0.05) is 32.0 Å². The number of carbonyl (C=O) groups is 2. The van der Waals surface area contributed by atoms with Crippen molar-refractivity contribution in [2.75, 3.05) is 12.4 Å². The predicted molar refractivity (Wildman–Crippen MR) is 74.0 cm³/mol. The molecule has 0 bridgehead atoms. The number of rotatable bonds is 4. The van der Waals surface area contributed by atoms with E-state index in [1.54, 1.807) is 6.07 Å². The van der Waals surface area contributed by atoms with Crippen LogP contribution in [0.25, 0.3) is 0 Å². The number of ether oxygens (including phenoxy) is 1. The predicted octanol–water partition coefficient (Wildman–Crippen LogP) is 2.31. The summed E-state index contributed by atoms with van der Waals surface area (Å²) in [5, 5.41) is 5.33. The molecule has 2 amide bonds. The average Bonchev–Trinajstić information content (AvgIpc) is 2.37. The Morgan fingerprint density at radius 2 is 1.84 bits per heavy atom. The summed E-state index contributed by atoms with van der Waals surface area (Å²) in [5.41, 5.74) is 1.67. The van der Waals surface area contributed by atoms with Crippen LogP contribution in [-0.2, 0) is 9.53 Å². The molecular formula is C14H20N2O3. The molecule has 0 aliphatic carbocycles. The van der Waals surface area contributed by atoms with E-state index in [-0.39, 0.29) is 5.92 Å². The highest BCUT2D eigenvalue weighted by Gasteiger charge is 2.24. The summed E-state index contributed by atoms with van der Waals surface area (Å²) in [6.45, 7) is 5.58. The number of methoxy groups -OCH3 is 1. The second-order valence-electron chi connectivity index (χ2n) is 4.66. The van der Waals surface area contributed by atoms with E-state index in [0.29, 0.717) is 5.69 Å². The number of hydrogen-bond acceptors (Lipinski definition) is 3. The number of carbonyl (C=O) groups excluding carboxylic acids is 2. The van der Waals surface area contributed by atoms with Gasteiger partial charge in [0.25, 0.3) is 0 Å². The summed E-state index contributed by atoms with van der Waals surface area (Å²) < 4.78 is 4.67. The first kappa shape index (κ1) is 15.0. The quantitative estimate of drug-likeness (QED) is 0.820. The molecule has 0 saturated carbocycles. The number of para-hydroxylation sites is 1. The van der Waals surface area contributed by atoms with Crippen molar-refractivity contribution in [3.8, 4) is 0 Å². The summed E-state index contributed by atoms with van der Waals surface area (Å²) >= 11 is 0. The van der Waals surface area contributed by atoms with Gasteiger partial charge in [-0.15, -0.1) is 0 Å². The molecule has 0 aliphatic rings. The number of amides is 2. The van der Waals surface area contributed by atoms with Crippen molar-refractivity contribution in [3.05, 3.63) is 29.8 Å². The third-order valence-corrected chi connectivity index (χ3v) is 2.80. The first-order valence-corrected chi connectivity index (χ1v) is 6.16. The molecule has 0 aromatic heterocycles. The second-order valence-corrected chi connectivity index (χ2v) is 4.66. The van der Waals surface area contributed by atoms with Crippen LogP contribution < -0.4 is 10.6 Å². The van der Waals surface area contributed by atoms with Gasteiger partial charge < -0.3 is 15.4 Å². The van der Waals surface area contributed by atoms with Crippen LogP contribution in [0.15, 0.2) is 24.3 Å². The molecule has 0 spiro atoms. The molecule has 2 N–H and O–H groups in total. The largest absolute Gasteiger partial charge is 0.467 e. The fourth-order valence-corrected chi connectivity index (χ4v) is 1.64. The SMILES string of the molecule is COC(=O)C(NC(=O)Nc1ccccc1C)C(C)C. The molecular weight excluding hydrogens is 244 g/mol. The van der Waals surface area contributed by atoms with Gasteiger partial charge in [-0.2, -0.15) is 0 Å². The van der Waals surface area contributed by atoms with E-state index < -0.39 is 18.0 Å². The Kier molecular flexibility index (Phi) is 5.36. The van der Waals surface area contributed by atoms with Gasteiger partial charge in [0.1, 0.15) is 6.04 Å². The molecule has 5 nitrogen and oxygen atoms in total. The van der Waals surface area contributed by atoms with E-state index in [2.05, 4.69) is 15.4 Å². The van der Waals surface area contributed by atoms with Crippen molar-refractivity contribution in [3.63, 3.8) is 0 Å². The molecule has 0 radical (unpaired) electrons. The molecule has 0 saturated heterocycles. The van der Waals surface area contributed by atoms with Gasteiger partial charge >= 0.3 is 12.0 Å². The van der Waals surface area contributed by atoms with Crippen LogP contribution in [0.5, 0.6) is 0 Å². The molecule has 1 unspecified atom stereocenters. The third-order valence-electron chi connectivity index (χ3n) is 2.80. The highest BCUT2D eigenvalue weighted by atomic mass is 16.5. The minimum Gasteiger partial charge on any atom is -0.467 e. The molecule has 1 atom stereocenters. The van der Waals surface area contributed by atoms with Gasteiger partial charge in [-0.25, -0.2) is 9.59 Å². The fourth-order valence-electron chi connectivity index (χ4n) is 1.64. The molecule has 1 rings (SSSR count). The number of benzene rings is 1. The lowest BCUT2D eigenvalue weighted by Gasteiger charge is -2.20. The van der Waals surface area contributed by atoms with E-state index >= 15 is 0 Å². The first-order valence-electron chi connectivity index (χ1n) is 6.16. The fraction of sp³-hybridized carbons (Fsp3) is 0.429. The smallest absolute Gasteiger partial charge is 0.328 e. The van der Waals surface area contributed by atoms with Crippen molar-refractivity contribution in [2.45, 2.75) is 26.8 Å². The lowest BCUT2D eigenvalue weighted by atomic mass is 10.1. The van der Waals surface area contributed by atoms with Crippen LogP contribution >= 0.6 is 0 Å². The lowest BCUT2D eigenvalue weighted by molar-refractivity contribution is -0.143. The van der Waals surface area contributed by atoms with E-state index in [4.69, 9.17) is 0 Å². The maximum atomic E-state index is 11.9. The summed E-state index contributed by atoms with van der Waals surface area (Å²) in [6, 6.07) is 6.35. The minimum absolute atomic E-state index is 0.0462. The molecule has 0 heterocycles. The Balaban J connectivity index is 2.68. The Bertz CT molecular complexity index is 458. The standard InChI is InChI=1S/C14H20N2O3/c1-9(2)12(13(17)19-4)16-14(18)15-11-8-6-5-7-10(11)3/h5-9,12H,1-4H3,(H2,15,16,18). The van der Waals surface area contributed by atoms with Crippen LogP contribution in [0.2, 0.25) is 0 Å². The zero-order chi connectivity index (χ0) is 14.4. The van der Waals surface area contributed by atoms with Crippen LogP contribution in [-0.4, -0.2) is 25.2 Å². The van der Waals surface area contributed by atoms with Gasteiger partial charge in [0.05, 0.1) is 7.11 Å². The molecule has 0 aliphatic heterocycles. The Hall–Kier alpha value is -2.04. The van der Waals surface area contributed by atoms with E-state index in [1.165, 1.54) is 7.11 Å². The maximum absolute atomic E-state index is 11.9. The Morgan fingerprint density at radius 3 is 2.37 bits per heavy atom. The maximum Gasteiger partial charge on any atom is 0.328 e. The number of nitrogens with one attached hydrogen (secondary N) is 2. The minimum atomic E-state index is -0.658. The molecule has 1 aromatic carbocycles. The van der Waals surface area contributed by atoms with Gasteiger partial charge in [-0.05, 0) is 24.5 Å². The van der Waals surface area contributed by atoms with E-state index in [9.17, 15) is 9.59 Å². The zero-order valence-corrected chi connectivity index (χ0v) is 11.7. The molecule has 0 fully saturated rings. The lowest BCUT2D eigenvalue weighted by Crippen LogP contribution is -2.46. The zero-order valence-electron chi connectivity index (χ0n) is 11.7. The summed E-state index contributed by atoms with van der Waals surface area (Å²) in [7, 11) is 1.30. The van der Waals surface area contributed by atoms with E-state index in [0.717, 1.165) is 5.56 Å². The van der Waals surface area contributed by atoms with Crippen LogP contribution in [0.1, 0.15) is 19.4 Å². The average molecular weight is 264 g/mol. The van der Waals surface area contributed by atoms with Crippen molar-refractivity contribution < 1.29 is 14.3 Å². The highest BCUT2D eigenvalue weighted by Crippen LogP contribution is 2.13. The molecule has 104 valence electrons. The number of urea groups is 1. The number of anilines is 1. The highest BCUT2D eigenvalue weighted by molar-refractivity contribution is 5.93.